The molecule has 1 aromatic heterocycles. The van der Waals surface area contributed by atoms with Crippen molar-refractivity contribution < 1.29 is 13.2 Å². The summed E-state index contributed by atoms with van der Waals surface area (Å²) in [5.74, 6) is 0.525. The zero-order valence-corrected chi connectivity index (χ0v) is 11.9. The topological polar surface area (TPSA) is 29.9 Å². The van der Waals surface area contributed by atoms with Gasteiger partial charge in [-0.2, -0.15) is 18.3 Å². The Morgan fingerprint density at radius 3 is 2.32 bits per heavy atom. The number of rotatable bonds is 6. The Bertz CT molecular complexity index is 394. The molecule has 1 N–H and O–H groups in total. The molecule has 3 nitrogen and oxygen atoms in total. The average molecular weight is 277 g/mol. The lowest BCUT2D eigenvalue weighted by Gasteiger charge is -2.14. The third-order valence-electron chi connectivity index (χ3n) is 2.59. The molecule has 1 aromatic rings. The fourth-order valence-electron chi connectivity index (χ4n) is 1.86. The van der Waals surface area contributed by atoms with Crippen LogP contribution in [-0.2, 0) is 19.3 Å². The van der Waals surface area contributed by atoms with Crippen molar-refractivity contribution in [3.8, 4) is 0 Å². The highest BCUT2D eigenvalue weighted by molar-refractivity contribution is 5.20. The molecular weight excluding hydrogens is 255 g/mol. The molecule has 0 bridgehead atoms. The van der Waals surface area contributed by atoms with E-state index in [-0.39, 0.29) is 24.6 Å². The Morgan fingerprint density at radius 1 is 1.21 bits per heavy atom. The molecule has 0 aliphatic rings. The monoisotopic (exact) mass is 277 g/mol. The Hall–Kier alpha value is -1.04. The van der Waals surface area contributed by atoms with Crippen LogP contribution in [-0.4, -0.2) is 16.3 Å². The number of nitrogens with zero attached hydrogens (tertiary/aromatic N) is 2. The van der Waals surface area contributed by atoms with Crippen molar-refractivity contribution in [1.82, 2.24) is 15.1 Å². The van der Waals surface area contributed by atoms with Crippen LogP contribution in [0.5, 0.6) is 0 Å². The lowest BCUT2D eigenvalue weighted by atomic mass is 10.2. The molecule has 19 heavy (non-hydrogen) atoms. The summed E-state index contributed by atoms with van der Waals surface area (Å²) >= 11 is 0. The van der Waals surface area contributed by atoms with E-state index in [2.05, 4.69) is 10.4 Å². The van der Waals surface area contributed by atoms with Crippen LogP contribution in [0.15, 0.2) is 6.20 Å². The maximum atomic E-state index is 13.1. The van der Waals surface area contributed by atoms with E-state index in [4.69, 9.17) is 0 Å². The number of nitrogens with one attached hydrogen (secondary N) is 1. The van der Waals surface area contributed by atoms with Gasteiger partial charge in [-0.05, 0) is 18.4 Å². The number of hydrogen-bond acceptors (Lipinski definition) is 2. The second-order valence-electron chi connectivity index (χ2n) is 5.62. The standard InChI is InChI=1S/C13H22F3N3/c1-9(2)5-17-6-11-7-18-19(8-10(3)4)12(11)13(14,15)16/h7,9-10,17H,5-6,8H2,1-4H3. The molecule has 0 atom stereocenters. The van der Waals surface area contributed by atoms with E-state index in [0.717, 1.165) is 4.68 Å². The van der Waals surface area contributed by atoms with Gasteiger partial charge >= 0.3 is 6.18 Å². The van der Waals surface area contributed by atoms with E-state index in [1.807, 2.05) is 27.7 Å². The van der Waals surface area contributed by atoms with Gasteiger partial charge < -0.3 is 5.32 Å². The normalized spacial score (nSPS) is 12.7. The molecule has 110 valence electrons. The second kappa shape index (κ2) is 6.41. The first-order chi connectivity index (χ1) is 8.71. The quantitative estimate of drug-likeness (QED) is 0.864. The van der Waals surface area contributed by atoms with E-state index in [1.54, 1.807) is 0 Å². The van der Waals surface area contributed by atoms with Crippen LogP contribution in [0.2, 0.25) is 0 Å². The Balaban J connectivity index is 2.89. The molecule has 6 heteroatoms. The molecule has 0 fully saturated rings. The Morgan fingerprint density at radius 2 is 1.84 bits per heavy atom. The summed E-state index contributed by atoms with van der Waals surface area (Å²) in [6.07, 6.45) is -3.04. The number of halogens is 3. The zero-order chi connectivity index (χ0) is 14.6. The summed E-state index contributed by atoms with van der Waals surface area (Å²) in [5.41, 5.74) is -0.411. The third kappa shape index (κ3) is 4.86. The fourth-order valence-corrected chi connectivity index (χ4v) is 1.86. The molecule has 0 amide bonds. The summed E-state index contributed by atoms with van der Waals surface area (Å²) in [4.78, 5) is 0. The fraction of sp³-hybridized carbons (Fsp3) is 0.769. The highest BCUT2D eigenvalue weighted by atomic mass is 19.4. The van der Waals surface area contributed by atoms with Gasteiger partial charge in [0, 0.05) is 18.7 Å². The molecule has 0 saturated heterocycles. The van der Waals surface area contributed by atoms with Crippen molar-refractivity contribution in [2.24, 2.45) is 11.8 Å². The molecule has 1 heterocycles. The van der Waals surface area contributed by atoms with Gasteiger partial charge in [-0.3, -0.25) is 4.68 Å². The lowest BCUT2D eigenvalue weighted by Crippen LogP contribution is -2.23. The van der Waals surface area contributed by atoms with Crippen LogP contribution < -0.4 is 5.32 Å². The minimum absolute atomic E-state index is 0.123. The number of hydrogen-bond donors (Lipinski definition) is 1. The van der Waals surface area contributed by atoms with Crippen molar-refractivity contribution in [3.63, 3.8) is 0 Å². The number of aromatic nitrogens is 2. The zero-order valence-electron chi connectivity index (χ0n) is 11.9. The Kier molecular flexibility index (Phi) is 5.40. The first kappa shape index (κ1) is 16.0. The molecular formula is C13H22F3N3. The predicted molar refractivity (Wildman–Crippen MR) is 68.6 cm³/mol. The van der Waals surface area contributed by atoms with E-state index >= 15 is 0 Å². The van der Waals surface area contributed by atoms with Crippen LogP contribution in [0.4, 0.5) is 13.2 Å². The molecule has 0 spiro atoms. The molecule has 1 rings (SSSR count). The van der Waals surface area contributed by atoms with Crippen LogP contribution in [0.25, 0.3) is 0 Å². The summed E-state index contributed by atoms with van der Waals surface area (Å²) in [5, 5.41) is 6.90. The highest BCUT2D eigenvalue weighted by Gasteiger charge is 2.37. The molecule has 0 saturated carbocycles. The van der Waals surface area contributed by atoms with Gasteiger partial charge in [0.25, 0.3) is 0 Å². The second-order valence-corrected chi connectivity index (χ2v) is 5.62. The molecule has 0 radical (unpaired) electrons. The molecule has 0 aliphatic heterocycles. The van der Waals surface area contributed by atoms with Gasteiger partial charge in [0.05, 0.1) is 6.20 Å². The number of alkyl halides is 3. The van der Waals surface area contributed by atoms with Crippen molar-refractivity contribution in [2.75, 3.05) is 6.54 Å². The van der Waals surface area contributed by atoms with Gasteiger partial charge in [0.15, 0.2) is 0 Å². The molecule has 0 aromatic carbocycles. The van der Waals surface area contributed by atoms with Gasteiger partial charge in [-0.25, -0.2) is 0 Å². The van der Waals surface area contributed by atoms with E-state index < -0.39 is 11.9 Å². The van der Waals surface area contributed by atoms with E-state index in [9.17, 15) is 13.2 Å². The maximum absolute atomic E-state index is 13.1. The van der Waals surface area contributed by atoms with E-state index in [1.165, 1.54) is 6.20 Å². The minimum Gasteiger partial charge on any atom is -0.312 e. The van der Waals surface area contributed by atoms with E-state index in [0.29, 0.717) is 12.5 Å². The van der Waals surface area contributed by atoms with Crippen molar-refractivity contribution in [1.29, 1.82) is 0 Å². The van der Waals surface area contributed by atoms with Crippen LogP contribution >= 0.6 is 0 Å². The van der Waals surface area contributed by atoms with Crippen molar-refractivity contribution in [2.45, 2.75) is 47.0 Å². The molecule has 0 aliphatic carbocycles. The summed E-state index contributed by atoms with van der Waals surface area (Å²) in [6.45, 7) is 8.94. The average Bonchev–Trinajstić information content (AvgIpc) is 2.58. The Labute approximate surface area is 112 Å². The van der Waals surface area contributed by atoms with Gasteiger partial charge in [0.2, 0.25) is 0 Å². The van der Waals surface area contributed by atoms with Crippen molar-refractivity contribution in [3.05, 3.63) is 17.5 Å². The first-order valence-corrected chi connectivity index (χ1v) is 6.54. The largest absolute Gasteiger partial charge is 0.433 e. The van der Waals surface area contributed by atoms with Gasteiger partial charge in [-0.15, -0.1) is 0 Å². The van der Waals surface area contributed by atoms with Crippen molar-refractivity contribution >= 4 is 0 Å². The SMILES string of the molecule is CC(C)CNCc1cnn(CC(C)C)c1C(F)(F)F. The summed E-state index contributed by atoms with van der Waals surface area (Å²) in [7, 11) is 0. The molecule has 0 unspecified atom stereocenters. The minimum atomic E-state index is -4.36. The lowest BCUT2D eigenvalue weighted by molar-refractivity contribution is -0.145. The third-order valence-corrected chi connectivity index (χ3v) is 2.59. The van der Waals surface area contributed by atoms with Gasteiger partial charge in [0.1, 0.15) is 5.69 Å². The summed E-state index contributed by atoms with van der Waals surface area (Å²) in [6, 6.07) is 0. The van der Waals surface area contributed by atoms with Crippen LogP contribution in [0.3, 0.4) is 0 Å². The van der Waals surface area contributed by atoms with Gasteiger partial charge in [-0.1, -0.05) is 27.7 Å². The summed E-state index contributed by atoms with van der Waals surface area (Å²) < 4.78 is 40.3. The highest BCUT2D eigenvalue weighted by Crippen LogP contribution is 2.32. The van der Waals surface area contributed by atoms with Crippen LogP contribution in [0.1, 0.15) is 39.0 Å². The predicted octanol–water partition coefficient (Wildman–Crippen LogP) is 3.30. The first-order valence-electron chi connectivity index (χ1n) is 6.54. The smallest absolute Gasteiger partial charge is 0.312 e. The van der Waals surface area contributed by atoms with Crippen LogP contribution in [0, 0.1) is 11.8 Å². The maximum Gasteiger partial charge on any atom is 0.433 e.